The second kappa shape index (κ2) is 6.72. The Hall–Kier alpha value is -0.870. The highest BCUT2D eigenvalue weighted by Crippen LogP contribution is 2.35. The molecule has 0 amide bonds. The molecule has 20 heavy (non-hydrogen) atoms. The van der Waals surface area contributed by atoms with Crippen LogP contribution in [-0.2, 0) is 18.2 Å². The van der Waals surface area contributed by atoms with Crippen LogP contribution in [0, 0.1) is 11.8 Å². The smallest absolute Gasteiger partial charge is 0.0640 e. The summed E-state index contributed by atoms with van der Waals surface area (Å²) in [5.41, 5.74) is 1.17. The highest BCUT2D eigenvalue weighted by molar-refractivity contribution is 5.04. The van der Waals surface area contributed by atoms with Crippen molar-refractivity contribution in [3.63, 3.8) is 0 Å². The second-order valence-corrected chi connectivity index (χ2v) is 6.23. The van der Waals surface area contributed by atoms with Gasteiger partial charge in [-0.25, -0.2) is 0 Å². The van der Waals surface area contributed by atoms with Crippen molar-refractivity contribution in [3.05, 3.63) is 18.0 Å². The number of aromatic nitrogens is 2. The third-order valence-corrected chi connectivity index (χ3v) is 4.64. The molecule has 2 rings (SSSR count). The highest BCUT2D eigenvalue weighted by atomic mass is 16.5. The molecule has 5 unspecified atom stereocenters. The van der Waals surface area contributed by atoms with Gasteiger partial charge in [-0.3, -0.25) is 4.68 Å². The number of hydrogen-bond acceptors (Lipinski definition) is 3. The molecule has 1 aromatic heterocycles. The predicted octanol–water partition coefficient (Wildman–Crippen LogP) is 2.39. The van der Waals surface area contributed by atoms with Gasteiger partial charge >= 0.3 is 0 Å². The van der Waals surface area contributed by atoms with Gasteiger partial charge in [0.25, 0.3) is 0 Å². The van der Waals surface area contributed by atoms with Crippen molar-refractivity contribution < 1.29 is 4.74 Å². The minimum atomic E-state index is 0.318. The molecule has 0 bridgehead atoms. The normalized spacial score (nSPS) is 31.6. The molecule has 1 aromatic rings. The predicted molar refractivity (Wildman–Crippen MR) is 81.7 cm³/mol. The molecular formula is C16H29N3O. The molecule has 0 aromatic carbocycles. The van der Waals surface area contributed by atoms with Gasteiger partial charge in [0.15, 0.2) is 0 Å². The van der Waals surface area contributed by atoms with Crippen LogP contribution >= 0.6 is 0 Å². The Morgan fingerprint density at radius 3 is 2.60 bits per heavy atom. The number of rotatable bonds is 6. The first-order valence-corrected chi connectivity index (χ1v) is 7.90. The number of hydrogen-bond donors (Lipinski definition) is 1. The zero-order chi connectivity index (χ0) is 14.7. The third kappa shape index (κ3) is 3.41. The fourth-order valence-corrected chi connectivity index (χ4v) is 3.46. The van der Waals surface area contributed by atoms with Crippen LogP contribution in [0.15, 0.2) is 12.3 Å². The molecule has 5 atom stereocenters. The topological polar surface area (TPSA) is 39.1 Å². The van der Waals surface area contributed by atoms with E-state index in [-0.39, 0.29) is 0 Å². The monoisotopic (exact) mass is 279 g/mol. The molecule has 0 radical (unpaired) electrons. The molecule has 0 saturated carbocycles. The van der Waals surface area contributed by atoms with Crippen LogP contribution in [0.3, 0.4) is 0 Å². The van der Waals surface area contributed by atoms with E-state index in [0.29, 0.717) is 30.1 Å². The number of ether oxygens (including phenoxy) is 1. The molecule has 1 N–H and O–H groups in total. The van der Waals surface area contributed by atoms with Gasteiger partial charge in [-0.05, 0) is 38.8 Å². The van der Waals surface area contributed by atoms with Crippen LogP contribution in [0.25, 0.3) is 0 Å². The molecule has 4 heteroatoms. The zero-order valence-electron chi connectivity index (χ0n) is 13.5. The minimum absolute atomic E-state index is 0.318. The quantitative estimate of drug-likeness (QED) is 0.869. The molecular weight excluding hydrogens is 250 g/mol. The Morgan fingerprint density at radius 2 is 2.10 bits per heavy atom. The van der Waals surface area contributed by atoms with Gasteiger partial charge in [-0.2, -0.15) is 5.10 Å². The molecule has 0 aliphatic carbocycles. The standard InChI is InChI=1S/C16H29N3O/c1-6-8-17-15(10-14-7-9-19(5)18-14)16-11(2)12(3)20-13(16)4/h7,9,11-13,15-17H,6,8,10H2,1-5H3. The van der Waals surface area contributed by atoms with E-state index in [9.17, 15) is 0 Å². The van der Waals surface area contributed by atoms with Crippen molar-refractivity contribution in [1.29, 1.82) is 0 Å². The van der Waals surface area contributed by atoms with Gasteiger partial charge in [0.05, 0.1) is 17.9 Å². The summed E-state index contributed by atoms with van der Waals surface area (Å²) in [5.74, 6) is 1.14. The van der Waals surface area contributed by atoms with Crippen molar-refractivity contribution >= 4 is 0 Å². The fourth-order valence-electron chi connectivity index (χ4n) is 3.46. The Balaban J connectivity index is 2.10. The Kier molecular flexibility index (Phi) is 5.22. The van der Waals surface area contributed by atoms with E-state index >= 15 is 0 Å². The summed E-state index contributed by atoms with van der Waals surface area (Å²) in [5, 5.41) is 8.26. The SMILES string of the molecule is CCCNC(Cc1ccn(C)n1)C1C(C)OC(C)C1C. The first-order chi connectivity index (χ1) is 9.52. The zero-order valence-corrected chi connectivity index (χ0v) is 13.5. The summed E-state index contributed by atoms with van der Waals surface area (Å²) in [6, 6.07) is 2.56. The Morgan fingerprint density at radius 1 is 1.35 bits per heavy atom. The summed E-state index contributed by atoms with van der Waals surface area (Å²) >= 11 is 0. The average Bonchev–Trinajstić information content (AvgIpc) is 2.90. The molecule has 2 heterocycles. The van der Waals surface area contributed by atoms with Crippen LogP contribution in [-0.4, -0.2) is 34.6 Å². The molecule has 1 fully saturated rings. The lowest BCUT2D eigenvalue weighted by molar-refractivity contribution is 0.0475. The van der Waals surface area contributed by atoms with Gasteiger partial charge in [0.2, 0.25) is 0 Å². The van der Waals surface area contributed by atoms with Crippen molar-refractivity contribution in [2.75, 3.05) is 6.54 Å². The molecule has 114 valence electrons. The molecule has 4 nitrogen and oxygen atoms in total. The lowest BCUT2D eigenvalue weighted by atomic mass is 9.81. The van der Waals surface area contributed by atoms with Gasteiger partial charge in [-0.1, -0.05) is 13.8 Å². The summed E-state index contributed by atoms with van der Waals surface area (Å²) < 4.78 is 7.91. The fraction of sp³-hybridized carbons (Fsp3) is 0.812. The maximum Gasteiger partial charge on any atom is 0.0640 e. The molecule has 1 aliphatic rings. The molecule has 1 saturated heterocycles. The van der Waals surface area contributed by atoms with Crippen LogP contribution in [0.1, 0.15) is 39.8 Å². The van der Waals surface area contributed by atoms with Crippen LogP contribution < -0.4 is 5.32 Å². The van der Waals surface area contributed by atoms with Gasteiger partial charge in [0, 0.05) is 31.6 Å². The number of aryl methyl sites for hydroxylation is 1. The van der Waals surface area contributed by atoms with Crippen molar-refractivity contribution in [3.8, 4) is 0 Å². The van der Waals surface area contributed by atoms with Crippen molar-refractivity contribution in [2.45, 2.75) is 58.8 Å². The van der Waals surface area contributed by atoms with E-state index in [0.717, 1.165) is 19.4 Å². The van der Waals surface area contributed by atoms with E-state index in [2.05, 4.69) is 44.2 Å². The number of nitrogens with zero attached hydrogens (tertiary/aromatic N) is 2. The van der Waals surface area contributed by atoms with Crippen LogP contribution in [0.4, 0.5) is 0 Å². The molecule has 1 aliphatic heterocycles. The third-order valence-electron chi connectivity index (χ3n) is 4.64. The summed E-state index contributed by atoms with van der Waals surface area (Å²) in [7, 11) is 1.98. The summed E-state index contributed by atoms with van der Waals surface area (Å²) in [4.78, 5) is 0. The Labute approximate surface area is 122 Å². The van der Waals surface area contributed by atoms with Gasteiger partial charge in [0.1, 0.15) is 0 Å². The second-order valence-electron chi connectivity index (χ2n) is 6.23. The molecule has 0 spiro atoms. The highest BCUT2D eigenvalue weighted by Gasteiger charge is 2.41. The Bertz CT molecular complexity index is 418. The average molecular weight is 279 g/mol. The van der Waals surface area contributed by atoms with Crippen LogP contribution in [0.5, 0.6) is 0 Å². The van der Waals surface area contributed by atoms with E-state index in [1.54, 1.807) is 0 Å². The lowest BCUT2D eigenvalue weighted by Crippen LogP contribution is -2.43. The first kappa shape index (κ1) is 15.5. The first-order valence-electron chi connectivity index (χ1n) is 7.90. The summed E-state index contributed by atoms with van der Waals surface area (Å²) in [6.45, 7) is 9.99. The van der Waals surface area contributed by atoms with Crippen LogP contribution in [0.2, 0.25) is 0 Å². The summed E-state index contributed by atoms with van der Waals surface area (Å²) in [6.07, 6.45) is 4.83. The van der Waals surface area contributed by atoms with Crippen molar-refractivity contribution in [2.24, 2.45) is 18.9 Å². The van der Waals surface area contributed by atoms with Crippen molar-refractivity contribution in [1.82, 2.24) is 15.1 Å². The minimum Gasteiger partial charge on any atom is -0.375 e. The van der Waals surface area contributed by atoms with E-state index in [4.69, 9.17) is 4.74 Å². The van der Waals surface area contributed by atoms with E-state index in [1.807, 2.05) is 17.9 Å². The van der Waals surface area contributed by atoms with Gasteiger partial charge < -0.3 is 10.1 Å². The van der Waals surface area contributed by atoms with E-state index in [1.165, 1.54) is 5.69 Å². The largest absolute Gasteiger partial charge is 0.375 e. The van der Waals surface area contributed by atoms with E-state index < -0.39 is 0 Å². The maximum absolute atomic E-state index is 6.02. The number of nitrogens with one attached hydrogen (secondary N) is 1. The van der Waals surface area contributed by atoms with Gasteiger partial charge in [-0.15, -0.1) is 0 Å². The maximum atomic E-state index is 6.02. The lowest BCUT2D eigenvalue weighted by Gasteiger charge is -2.29.